The summed E-state index contributed by atoms with van der Waals surface area (Å²) >= 11 is 6.20. The molecular weight excluding hydrogens is 358 g/mol. The van der Waals surface area contributed by atoms with Crippen LogP contribution >= 0.6 is 11.6 Å². The van der Waals surface area contributed by atoms with Crippen LogP contribution in [0.4, 0.5) is 5.69 Å². The van der Waals surface area contributed by atoms with Crippen molar-refractivity contribution in [3.05, 3.63) is 52.7 Å². The van der Waals surface area contributed by atoms with Crippen molar-refractivity contribution in [1.82, 2.24) is 4.98 Å². The maximum absolute atomic E-state index is 12.4. The van der Waals surface area contributed by atoms with E-state index in [4.69, 9.17) is 26.8 Å². The van der Waals surface area contributed by atoms with E-state index in [1.807, 2.05) is 0 Å². The van der Waals surface area contributed by atoms with Gasteiger partial charge in [-0.25, -0.2) is 4.98 Å². The Balaban J connectivity index is 1.72. The summed E-state index contributed by atoms with van der Waals surface area (Å²) in [6.45, 7) is 1.28. The number of halogens is 1. The fourth-order valence-corrected chi connectivity index (χ4v) is 2.80. The summed E-state index contributed by atoms with van der Waals surface area (Å²) in [5.41, 5.74) is 6.10. The van der Waals surface area contributed by atoms with Crippen molar-refractivity contribution in [1.29, 1.82) is 0 Å². The molecule has 0 bridgehead atoms. The highest BCUT2D eigenvalue weighted by atomic mass is 35.5. The number of anilines is 1. The number of pyridine rings is 1. The van der Waals surface area contributed by atoms with Crippen molar-refractivity contribution in [2.24, 2.45) is 5.73 Å². The van der Waals surface area contributed by atoms with E-state index >= 15 is 0 Å². The highest BCUT2D eigenvalue weighted by Gasteiger charge is 2.19. The van der Waals surface area contributed by atoms with Gasteiger partial charge in [0.15, 0.2) is 0 Å². The molecule has 0 spiro atoms. The van der Waals surface area contributed by atoms with Gasteiger partial charge in [-0.05, 0) is 18.2 Å². The number of ether oxygens (including phenoxy) is 2. The van der Waals surface area contributed by atoms with Crippen LogP contribution in [0, 0.1) is 0 Å². The molecule has 0 atom stereocenters. The van der Waals surface area contributed by atoms with Crippen molar-refractivity contribution in [3.63, 3.8) is 0 Å². The van der Waals surface area contributed by atoms with Crippen LogP contribution in [0.1, 0.15) is 33.6 Å². The molecule has 7 nitrogen and oxygen atoms in total. The van der Waals surface area contributed by atoms with Gasteiger partial charge < -0.3 is 20.5 Å². The predicted molar refractivity (Wildman–Crippen MR) is 96.6 cm³/mol. The third kappa shape index (κ3) is 4.30. The van der Waals surface area contributed by atoms with E-state index in [-0.39, 0.29) is 28.1 Å². The number of nitrogens with two attached hydrogens (primary N) is 1. The SMILES string of the molecule is NC(=O)c1ccccc1NC(=O)c1cnc(OC2CCOCC2)c(Cl)c1. The normalized spacial score (nSPS) is 14.7. The topological polar surface area (TPSA) is 104 Å². The largest absolute Gasteiger partial charge is 0.473 e. The Bertz CT molecular complexity index is 822. The van der Waals surface area contributed by atoms with Crippen LogP contribution in [-0.4, -0.2) is 36.1 Å². The fourth-order valence-electron chi connectivity index (χ4n) is 2.59. The number of rotatable bonds is 5. The van der Waals surface area contributed by atoms with Crippen LogP contribution in [0.5, 0.6) is 5.88 Å². The Kier molecular flexibility index (Phi) is 5.70. The molecule has 0 unspecified atom stereocenters. The summed E-state index contributed by atoms with van der Waals surface area (Å²) < 4.78 is 11.1. The number of carbonyl (C=O) groups excluding carboxylic acids is 2. The first-order valence-corrected chi connectivity index (χ1v) is 8.52. The molecule has 2 heterocycles. The Hall–Kier alpha value is -2.64. The minimum Gasteiger partial charge on any atom is -0.473 e. The van der Waals surface area contributed by atoms with Gasteiger partial charge >= 0.3 is 0 Å². The highest BCUT2D eigenvalue weighted by molar-refractivity contribution is 6.32. The maximum Gasteiger partial charge on any atom is 0.257 e. The lowest BCUT2D eigenvalue weighted by Gasteiger charge is -2.23. The quantitative estimate of drug-likeness (QED) is 0.836. The zero-order valence-corrected chi connectivity index (χ0v) is 14.7. The monoisotopic (exact) mass is 375 g/mol. The van der Waals surface area contributed by atoms with Crippen LogP contribution in [0.15, 0.2) is 36.5 Å². The van der Waals surface area contributed by atoms with Gasteiger partial charge in [-0.15, -0.1) is 0 Å². The number of para-hydroxylation sites is 1. The van der Waals surface area contributed by atoms with Gasteiger partial charge in [-0.3, -0.25) is 9.59 Å². The lowest BCUT2D eigenvalue weighted by Crippen LogP contribution is -2.26. The minimum absolute atomic E-state index is 0.00382. The zero-order chi connectivity index (χ0) is 18.5. The average Bonchev–Trinajstić information content (AvgIpc) is 2.64. The molecule has 2 aromatic rings. The first-order chi connectivity index (χ1) is 12.5. The van der Waals surface area contributed by atoms with Gasteiger partial charge in [0.05, 0.1) is 30.0 Å². The standard InChI is InChI=1S/C18H18ClN3O4/c19-14-9-11(10-21-18(14)26-12-5-7-25-8-6-12)17(24)22-15-4-2-1-3-13(15)16(20)23/h1-4,9-10,12H,5-8H2,(H2,20,23)(H,22,24). The average molecular weight is 376 g/mol. The number of primary amides is 1. The molecule has 0 saturated carbocycles. The van der Waals surface area contributed by atoms with Crippen molar-refractivity contribution >= 4 is 29.1 Å². The molecule has 1 aromatic heterocycles. The number of nitrogens with one attached hydrogen (secondary N) is 1. The van der Waals surface area contributed by atoms with E-state index < -0.39 is 11.8 Å². The molecule has 136 valence electrons. The molecule has 1 aliphatic heterocycles. The third-order valence-corrected chi connectivity index (χ3v) is 4.23. The Morgan fingerprint density at radius 2 is 2.00 bits per heavy atom. The summed E-state index contributed by atoms with van der Waals surface area (Å²) in [5.74, 6) is -0.796. The number of carbonyl (C=O) groups is 2. The second-order valence-electron chi connectivity index (χ2n) is 5.80. The summed E-state index contributed by atoms with van der Waals surface area (Å²) in [4.78, 5) is 28.0. The van der Waals surface area contributed by atoms with Gasteiger partial charge in [0.25, 0.3) is 11.8 Å². The van der Waals surface area contributed by atoms with Crippen molar-refractivity contribution in [3.8, 4) is 5.88 Å². The van der Waals surface area contributed by atoms with E-state index in [2.05, 4.69) is 10.3 Å². The molecule has 1 saturated heterocycles. The predicted octanol–water partition coefficient (Wildman–Crippen LogP) is 2.64. The number of benzene rings is 1. The van der Waals surface area contributed by atoms with Gasteiger partial charge in [-0.2, -0.15) is 0 Å². The molecule has 0 aliphatic carbocycles. The summed E-state index contributed by atoms with van der Waals surface area (Å²) in [6.07, 6.45) is 2.91. The number of aromatic nitrogens is 1. The Morgan fingerprint density at radius 1 is 1.27 bits per heavy atom. The highest BCUT2D eigenvalue weighted by Crippen LogP contribution is 2.26. The molecule has 8 heteroatoms. The smallest absolute Gasteiger partial charge is 0.257 e. The summed E-state index contributed by atoms with van der Waals surface area (Å²) in [5, 5.41) is 2.88. The molecule has 1 aromatic carbocycles. The van der Waals surface area contributed by atoms with E-state index in [0.717, 1.165) is 12.8 Å². The zero-order valence-electron chi connectivity index (χ0n) is 13.9. The van der Waals surface area contributed by atoms with E-state index in [1.54, 1.807) is 18.2 Å². The van der Waals surface area contributed by atoms with Crippen molar-refractivity contribution in [2.45, 2.75) is 18.9 Å². The second kappa shape index (κ2) is 8.16. The third-order valence-electron chi connectivity index (χ3n) is 3.96. The number of hydrogen-bond donors (Lipinski definition) is 2. The molecule has 0 radical (unpaired) electrons. The van der Waals surface area contributed by atoms with Crippen LogP contribution in [0.2, 0.25) is 5.02 Å². The van der Waals surface area contributed by atoms with Crippen molar-refractivity contribution < 1.29 is 19.1 Å². The molecule has 3 rings (SSSR count). The van der Waals surface area contributed by atoms with Gasteiger partial charge in [0.1, 0.15) is 11.1 Å². The Morgan fingerprint density at radius 3 is 2.69 bits per heavy atom. The minimum atomic E-state index is -0.628. The second-order valence-corrected chi connectivity index (χ2v) is 6.21. The molecule has 3 N–H and O–H groups in total. The van der Waals surface area contributed by atoms with Gasteiger partial charge in [-0.1, -0.05) is 23.7 Å². The lowest BCUT2D eigenvalue weighted by atomic mass is 10.1. The molecule has 2 amide bonds. The fraction of sp³-hybridized carbons (Fsp3) is 0.278. The summed E-state index contributed by atoms with van der Waals surface area (Å²) in [6, 6.07) is 7.96. The molecule has 1 fully saturated rings. The number of hydrogen-bond acceptors (Lipinski definition) is 5. The van der Waals surface area contributed by atoms with Crippen LogP contribution in [0.3, 0.4) is 0 Å². The van der Waals surface area contributed by atoms with Crippen LogP contribution in [0.25, 0.3) is 0 Å². The van der Waals surface area contributed by atoms with Gasteiger partial charge in [0.2, 0.25) is 5.88 Å². The molecule has 1 aliphatic rings. The lowest BCUT2D eigenvalue weighted by molar-refractivity contribution is 0.0238. The number of nitrogens with zero attached hydrogens (tertiary/aromatic N) is 1. The van der Waals surface area contributed by atoms with E-state index in [1.165, 1.54) is 18.3 Å². The Labute approximate surface area is 155 Å². The number of amides is 2. The maximum atomic E-state index is 12.4. The van der Waals surface area contributed by atoms with E-state index in [0.29, 0.717) is 18.9 Å². The van der Waals surface area contributed by atoms with Crippen molar-refractivity contribution in [2.75, 3.05) is 18.5 Å². The summed E-state index contributed by atoms with van der Waals surface area (Å²) in [7, 11) is 0. The van der Waals surface area contributed by atoms with Crippen LogP contribution < -0.4 is 15.8 Å². The van der Waals surface area contributed by atoms with E-state index in [9.17, 15) is 9.59 Å². The first kappa shape index (κ1) is 18.2. The molecular formula is C18H18ClN3O4. The van der Waals surface area contributed by atoms with Crippen LogP contribution in [-0.2, 0) is 4.74 Å². The first-order valence-electron chi connectivity index (χ1n) is 8.14. The van der Waals surface area contributed by atoms with Gasteiger partial charge in [0, 0.05) is 19.0 Å². The molecule has 26 heavy (non-hydrogen) atoms.